The van der Waals surface area contributed by atoms with Gasteiger partial charge in [-0.3, -0.25) is 9.59 Å². The zero-order valence-electron chi connectivity index (χ0n) is 11.8. The second-order valence-corrected chi connectivity index (χ2v) is 4.89. The summed E-state index contributed by atoms with van der Waals surface area (Å²) in [7, 11) is 3.53. The van der Waals surface area contributed by atoms with E-state index >= 15 is 0 Å². The van der Waals surface area contributed by atoms with Crippen LogP contribution in [0.25, 0.3) is 0 Å². The Morgan fingerprint density at radius 3 is 2.37 bits per heavy atom. The Morgan fingerprint density at radius 1 is 1.21 bits per heavy atom. The molecule has 1 N–H and O–H groups in total. The van der Waals surface area contributed by atoms with E-state index in [9.17, 15) is 9.59 Å². The van der Waals surface area contributed by atoms with Gasteiger partial charge in [0.1, 0.15) is 0 Å². The van der Waals surface area contributed by atoms with Crippen LogP contribution in [0.2, 0.25) is 0 Å². The largest absolute Gasteiger partial charge is 0.356 e. The van der Waals surface area contributed by atoms with Crippen molar-refractivity contribution < 1.29 is 9.59 Å². The normalized spacial score (nSPS) is 11.7. The summed E-state index contributed by atoms with van der Waals surface area (Å²) < 4.78 is 0. The maximum atomic E-state index is 12.1. The first-order valence-corrected chi connectivity index (χ1v) is 6.50. The van der Waals surface area contributed by atoms with Crippen LogP contribution in [0.15, 0.2) is 30.3 Å². The van der Waals surface area contributed by atoms with Crippen molar-refractivity contribution in [3.05, 3.63) is 35.9 Å². The maximum Gasteiger partial charge on any atom is 0.225 e. The molecule has 0 unspecified atom stereocenters. The van der Waals surface area contributed by atoms with Crippen molar-refractivity contribution in [2.75, 3.05) is 20.6 Å². The number of benzene rings is 1. The molecule has 0 fully saturated rings. The maximum absolute atomic E-state index is 12.1. The number of carbonyl (C=O) groups excluding carboxylic acids is 2. The molecule has 0 aromatic heterocycles. The molecule has 0 aliphatic carbocycles. The molecule has 1 aromatic carbocycles. The SMILES string of the molecule is CC(=O)NCC[C@@H](Cc1ccccc1)C(=O)N(C)C. The van der Waals surface area contributed by atoms with E-state index in [4.69, 9.17) is 0 Å². The van der Waals surface area contributed by atoms with Gasteiger partial charge >= 0.3 is 0 Å². The molecular weight excluding hydrogens is 240 g/mol. The summed E-state index contributed by atoms with van der Waals surface area (Å²) in [5.41, 5.74) is 1.14. The van der Waals surface area contributed by atoms with Crippen molar-refractivity contribution in [3.63, 3.8) is 0 Å². The molecule has 1 atom stereocenters. The average molecular weight is 262 g/mol. The van der Waals surface area contributed by atoms with Gasteiger partial charge < -0.3 is 10.2 Å². The molecule has 0 aliphatic rings. The summed E-state index contributed by atoms with van der Waals surface area (Å²) in [6, 6.07) is 9.95. The summed E-state index contributed by atoms with van der Waals surface area (Å²) in [5.74, 6) is -0.0470. The minimum absolute atomic E-state index is 0.0595. The van der Waals surface area contributed by atoms with Crippen molar-refractivity contribution >= 4 is 11.8 Å². The molecule has 4 nitrogen and oxygen atoms in total. The molecule has 0 bridgehead atoms. The highest BCUT2D eigenvalue weighted by Crippen LogP contribution is 2.14. The lowest BCUT2D eigenvalue weighted by atomic mass is 9.95. The van der Waals surface area contributed by atoms with E-state index in [1.807, 2.05) is 30.3 Å². The second-order valence-electron chi connectivity index (χ2n) is 4.89. The molecule has 4 heteroatoms. The van der Waals surface area contributed by atoms with Gasteiger partial charge in [0.05, 0.1) is 0 Å². The summed E-state index contributed by atoms with van der Waals surface area (Å²) in [4.78, 5) is 24.6. The lowest BCUT2D eigenvalue weighted by Crippen LogP contribution is -2.33. The Balaban J connectivity index is 2.64. The minimum Gasteiger partial charge on any atom is -0.356 e. The Labute approximate surface area is 114 Å². The first-order valence-electron chi connectivity index (χ1n) is 6.50. The number of carbonyl (C=O) groups is 2. The first-order chi connectivity index (χ1) is 9.00. The Kier molecular flexibility index (Phi) is 6.06. The molecule has 1 aromatic rings. The lowest BCUT2D eigenvalue weighted by molar-refractivity contribution is -0.133. The van der Waals surface area contributed by atoms with E-state index in [1.165, 1.54) is 6.92 Å². The fourth-order valence-electron chi connectivity index (χ4n) is 2.00. The predicted molar refractivity (Wildman–Crippen MR) is 75.6 cm³/mol. The van der Waals surface area contributed by atoms with E-state index in [0.717, 1.165) is 5.56 Å². The zero-order valence-corrected chi connectivity index (χ0v) is 11.8. The highest BCUT2D eigenvalue weighted by Gasteiger charge is 2.20. The predicted octanol–water partition coefficient (Wildman–Crippen LogP) is 1.46. The van der Waals surface area contributed by atoms with E-state index < -0.39 is 0 Å². The summed E-state index contributed by atoms with van der Waals surface area (Å²) >= 11 is 0. The van der Waals surface area contributed by atoms with Crippen molar-refractivity contribution in [2.24, 2.45) is 5.92 Å². The molecule has 0 spiro atoms. The van der Waals surface area contributed by atoms with Crippen molar-refractivity contribution in [3.8, 4) is 0 Å². The van der Waals surface area contributed by atoms with Crippen molar-refractivity contribution in [2.45, 2.75) is 19.8 Å². The van der Waals surface area contributed by atoms with Gasteiger partial charge in [0, 0.05) is 33.5 Å². The smallest absolute Gasteiger partial charge is 0.225 e. The van der Waals surface area contributed by atoms with Gasteiger partial charge in [-0.05, 0) is 18.4 Å². The zero-order chi connectivity index (χ0) is 14.3. The van der Waals surface area contributed by atoms with Gasteiger partial charge in [-0.2, -0.15) is 0 Å². The van der Waals surface area contributed by atoms with Gasteiger partial charge in [-0.25, -0.2) is 0 Å². The fraction of sp³-hybridized carbons (Fsp3) is 0.467. The Morgan fingerprint density at radius 2 is 1.84 bits per heavy atom. The third-order valence-corrected chi connectivity index (χ3v) is 2.98. The fourth-order valence-corrected chi connectivity index (χ4v) is 2.00. The van der Waals surface area contributed by atoms with Gasteiger partial charge in [0.25, 0.3) is 0 Å². The van der Waals surface area contributed by atoms with Crippen molar-refractivity contribution in [1.29, 1.82) is 0 Å². The Hall–Kier alpha value is -1.84. The number of amides is 2. The number of hydrogen-bond acceptors (Lipinski definition) is 2. The van der Waals surface area contributed by atoms with E-state index in [0.29, 0.717) is 19.4 Å². The first kappa shape index (κ1) is 15.2. The van der Waals surface area contributed by atoms with Gasteiger partial charge in [-0.15, -0.1) is 0 Å². The van der Waals surface area contributed by atoms with Crippen LogP contribution in [0.1, 0.15) is 18.9 Å². The van der Waals surface area contributed by atoms with Crippen LogP contribution in [0.5, 0.6) is 0 Å². The molecule has 104 valence electrons. The number of nitrogens with zero attached hydrogens (tertiary/aromatic N) is 1. The van der Waals surface area contributed by atoms with Gasteiger partial charge in [-0.1, -0.05) is 30.3 Å². The highest BCUT2D eigenvalue weighted by molar-refractivity contribution is 5.78. The number of rotatable bonds is 6. The molecule has 2 amide bonds. The minimum atomic E-state index is -0.0933. The van der Waals surface area contributed by atoms with Crippen LogP contribution in [0, 0.1) is 5.92 Å². The third kappa shape index (κ3) is 5.55. The van der Waals surface area contributed by atoms with Gasteiger partial charge in [0.15, 0.2) is 0 Å². The van der Waals surface area contributed by atoms with E-state index in [2.05, 4.69) is 5.32 Å². The molecule has 0 saturated carbocycles. The van der Waals surface area contributed by atoms with E-state index in [1.54, 1.807) is 19.0 Å². The monoisotopic (exact) mass is 262 g/mol. The van der Waals surface area contributed by atoms with Crippen LogP contribution in [-0.2, 0) is 16.0 Å². The lowest BCUT2D eigenvalue weighted by Gasteiger charge is -2.20. The number of nitrogens with one attached hydrogen (secondary N) is 1. The highest BCUT2D eigenvalue weighted by atomic mass is 16.2. The van der Waals surface area contributed by atoms with Crippen LogP contribution in [-0.4, -0.2) is 37.4 Å². The molecule has 0 saturated heterocycles. The Bertz CT molecular complexity index is 415. The summed E-state index contributed by atoms with van der Waals surface area (Å²) in [6.07, 6.45) is 1.36. The standard InChI is InChI=1S/C15H22N2O2/c1-12(18)16-10-9-14(15(19)17(2)3)11-13-7-5-4-6-8-13/h4-8,14H,9-11H2,1-3H3,(H,16,18)/t14-/m0/s1. The van der Waals surface area contributed by atoms with Crippen LogP contribution >= 0.6 is 0 Å². The number of hydrogen-bond donors (Lipinski definition) is 1. The molecule has 0 aliphatic heterocycles. The summed E-state index contributed by atoms with van der Waals surface area (Å²) in [6.45, 7) is 2.02. The van der Waals surface area contributed by atoms with Crippen molar-refractivity contribution in [1.82, 2.24) is 10.2 Å². The molecular formula is C15H22N2O2. The second kappa shape index (κ2) is 7.56. The van der Waals surface area contributed by atoms with Gasteiger partial charge in [0.2, 0.25) is 11.8 Å². The molecule has 1 rings (SSSR count). The quantitative estimate of drug-likeness (QED) is 0.844. The summed E-state index contributed by atoms with van der Waals surface area (Å²) in [5, 5.41) is 2.75. The molecule has 0 radical (unpaired) electrons. The van der Waals surface area contributed by atoms with Crippen LogP contribution in [0.4, 0.5) is 0 Å². The molecule has 0 heterocycles. The molecule has 19 heavy (non-hydrogen) atoms. The topological polar surface area (TPSA) is 49.4 Å². The average Bonchev–Trinajstić information content (AvgIpc) is 2.37. The third-order valence-electron chi connectivity index (χ3n) is 2.98. The van der Waals surface area contributed by atoms with E-state index in [-0.39, 0.29) is 17.7 Å². The van der Waals surface area contributed by atoms with Crippen LogP contribution in [0.3, 0.4) is 0 Å². The van der Waals surface area contributed by atoms with Crippen LogP contribution < -0.4 is 5.32 Å².